The number of aromatic nitrogens is 1. The highest BCUT2D eigenvalue weighted by Gasteiger charge is 2.31. The molecule has 0 fully saturated rings. The van der Waals surface area contributed by atoms with Gasteiger partial charge in [-0.1, -0.05) is 12.1 Å². The molecule has 0 saturated heterocycles. The third-order valence-corrected chi connectivity index (χ3v) is 2.49. The Kier molecular flexibility index (Phi) is 3.80. The smallest absolute Gasteiger partial charge is 0.406 e. The van der Waals surface area contributed by atoms with Gasteiger partial charge < -0.3 is 15.6 Å². The number of alkyl halides is 3. The van der Waals surface area contributed by atoms with Crippen LogP contribution in [0.3, 0.4) is 0 Å². The zero-order valence-corrected chi connectivity index (χ0v) is 10.2. The molecule has 0 saturated carbocycles. The number of benzene rings is 1. The number of ether oxygens (including phenoxy) is 1. The fourth-order valence-corrected chi connectivity index (χ4v) is 1.67. The minimum Gasteiger partial charge on any atom is -0.406 e. The van der Waals surface area contributed by atoms with Crippen LogP contribution in [-0.2, 0) is 6.61 Å². The second kappa shape index (κ2) is 5.38. The van der Waals surface area contributed by atoms with E-state index in [1.54, 1.807) is 6.07 Å². The molecule has 0 spiro atoms. The molecular weight excluding hydrogens is 273 g/mol. The molecule has 106 valence electrons. The van der Waals surface area contributed by atoms with E-state index in [2.05, 4.69) is 9.72 Å². The summed E-state index contributed by atoms with van der Waals surface area (Å²) >= 11 is 0. The molecule has 0 unspecified atom stereocenters. The highest BCUT2D eigenvalue weighted by Crippen LogP contribution is 2.29. The first-order valence-electron chi connectivity index (χ1n) is 5.61. The summed E-state index contributed by atoms with van der Waals surface area (Å²) in [6.07, 6.45) is -4.76. The molecule has 4 nitrogen and oxygen atoms in total. The molecule has 1 aromatic carbocycles. The Balaban J connectivity index is 2.40. The van der Waals surface area contributed by atoms with E-state index in [-0.39, 0.29) is 12.4 Å². The van der Waals surface area contributed by atoms with Gasteiger partial charge in [0.05, 0.1) is 23.7 Å². The predicted octanol–water partition coefficient (Wildman–Crippen LogP) is 2.72. The Morgan fingerprint density at radius 2 is 1.95 bits per heavy atom. The quantitative estimate of drug-likeness (QED) is 0.909. The second-order valence-corrected chi connectivity index (χ2v) is 3.97. The molecule has 1 heterocycles. The first-order valence-corrected chi connectivity index (χ1v) is 5.61. The Labute approximate surface area is 112 Å². The van der Waals surface area contributed by atoms with Crippen LogP contribution in [0.2, 0.25) is 0 Å². The lowest BCUT2D eigenvalue weighted by atomic mass is 10.1. The molecule has 1 aromatic heterocycles. The van der Waals surface area contributed by atoms with Crippen molar-refractivity contribution in [3.8, 4) is 17.0 Å². The van der Waals surface area contributed by atoms with Gasteiger partial charge in [0.1, 0.15) is 5.75 Å². The van der Waals surface area contributed by atoms with Gasteiger partial charge in [-0.15, -0.1) is 13.2 Å². The van der Waals surface area contributed by atoms with Crippen LogP contribution in [0.5, 0.6) is 5.75 Å². The van der Waals surface area contributed by atoms with Crippen molar-refractivity contribution in [1.29, 1.82) is 0 Å². The minimum absolute atomic E-state index is 0.286. The number of hydrogen-bond donors (Lipinski definition) is 2. The fraction of sp³-hybridized carbons (Fsp3) is 0.154. The summed E-state index contributed by atoms with van der Waals surface area (Å²) in [6, 6.07) is 8.41. The second-order valence-electron chi connectivity index (χ2n) is 3.97. The minimum atomic E-state index is -4.76. The number of rotatable bonds is 3. The normalized spacial score (nSPS) is 11.4. The van der Waals surface area contributed by atoms with Crippen LogP contribution in [0.1, 0.15) is 5.69 Å². The van der Waals surface area contributed by atoms with Crippen molar-refractivity contribution in [3.05, 3.63) is 42.1 Å². The number of halogens is 3. The van der Waals surface area contributed by atoms with Crippen molar-refractivity contribution in [2.45, 2.75) is 13.0 Å². The van der Waals surface area contributed by atoms with Crippen LogP contribution in [0.15, 0.2) is 36.4 Å². The van der Waals surface area contributed by atoms with Gasteiger partial charge in [0.25, 0.3) is 0 Å². The molecule has 0 aliphatic rings. The summed E-state index contributed by atoms with van der Waals surface area (Å²) in [5.74, 6) is -0.356. The third kappa shape index (κ3) is 3.39. The largest absolute Gasteiger partial charge is 0.573 e. The van der Waals surface area contributed by atoms with Crippen molar-refractivity contribution >= 4 is 5.69 Å². The number of hydrogen-bond acceptors (Lipinski definition) is 4. The lowest BCUT2D eigenvalue weighted by Gasteiger charge is -2.11. The molecule has 0 atom stereocenters. The molecule has 0 radical (unpaired) electrons. The van der Waals surface area contributed by atoms with Crippen LogP contribution in [-0.4, -0.2) is 16.5 Å². The maximum atomic E-state index is 12.2. The van der Waals surface area contributed by atoms with E-state index in [9.17, 15) is 13.2 Å². The maximum Gasteiger partial charge on any atom is 0.573 e. The average molecular weight is 284 g/mol. The van der Waals surface area contributed by atoms with Gasteiger partial charge in [-0.3, -0.25) is 0 Å². The number of aliphatic hydroxyl groups is 1. The van der Waals surface area contributed by atoms with E-state index >= 15 is 0 Å². The van der Waals surface area contributed by atoms with Crippen molar-refractivity contribution in [1.82, 2.24) is 4.98 Å². The van der Waals surface area contributed by atoms with Gasteiger partial charge in [0.2, 0.25) is 0 Å². The highest BCUT2D eigenvalue weighted by molar-refractivity contribution is 5.73. The summed E-state index contributed by atoms with van der Waals surface area (Å²) in [5.41, 5.74) is 7.09. The zero-order chi connectivity index (χ0) is 14.8. The van der Waals surface area contributed by atoms with E-state index in [0.29, 0.717) is 22.6 Å². The summed E-state index contributed by atoms with van der Waals surface area (Å²) in [7, 11) is 0. The first-order chi connectivity index (χ1) is 9.39. The van der Waals surface area contributed by atoms with Crippen molar-refractivity contribution in [3.63, 3.8) is 0 Å². The van der Waals surface area contributed by atoms with Gasteiger partial charge in [-0.2, -0.15) is 0 Å². The zero-order valence-electron chi connectivity index (χ0n) is 10.2. The molecule has 0 aliphatic heterocycles. The lowest BCUT2D eigenvalue weighted by molar-refractivity contribution is -0.274. The summed E-state index contributed by atoms with van der Waals surface area (Å²) < 4.78 is 40.4. The van der Waals surface area contributed by atoms with Gasteiger partial charge in [-0.05, 0) is 24.3 Å². The van der Waals surface area contributed by atoms with Gasteiger partial charge in [-0.25, -0.2) is 4.98 Å². The van der Waals surface area contributed by atoms with Crippen LogP contribution < -0.4 is 10.5 Å². The van der Waals surface area contributed by atoms with Gasteiger partial charge in [0, 0.05) is 5.56 Å². The highest BCUT2D eigenvalue weighted by atomic mass is 19.4. The van der Waals surface area contributed by atoms with Crippen LogP contribution in [0.4, 0.5) is 18.9 Å². The third-order valence-electron chi connectivity index (χ3n) is 2.49. The maximum absolute atomic E-state index is 12.2. The number of aliphatic hydroxyl groups excluding tert-OH is 1. The number of nitrogen functional groups attached to an aromatic ring is 1. The monoisotopic (exact) mass is 284 g/mol. The van der Waals surface area contributed by atoms with Crippen LogP contribution >= 0.6 is 0 Å². The van der Waals surface area contributed by atoms with Crippen molar-refractivity contribution in [2.75, 3.05) is 5.73 Å². The SMILES string of the molecule is Nc1ccc(CO)nc1-c1cccc(OC(F)(F)F)c1. The molecule has 2 aromatic rings. The Morgan fingerprint density at radius 1 is 1.20 bits per heavy atom. The molecule has 0 amide bonds. The Morgan fingerprint density at radius 3 is 2.60 bits per heavy atom. The number of pyridine rings is 1. The Bertz CT molecular complexity index is 615. The summed E-state index contributed by atoms with van der Waals surface area (Å²) in [4.78, 5) is 4.09. The Hall–Kier alpha value is -2.28. The lowest BCUT2D eigenvalue weighted by Crippen LogP contribution is -2.17. The molecule has 7 heteroatoms. The van der Waals surface area contributed by atoms with Crippen LogP contribution in [0.25, 0.3) is 11.3 Å². The van der Waals surface area contributed by atoms with E-state index in [1.165, 1.54) is 30.3 Å². The van der Waals surface area contributed by atoms with Gasteiger partial charge >= 0.3 is 6.36 Å². The average Bonchev–Trinajstić information content (AvgIpc) is 2.37. The molecule has 20 heavy (non-hydrogen) atoms. The molecule has 0 bridgehead atoms. The van der Waals surface area contributed by atoms with Crippen molar-refractivity contribution in [2.24, 2.45) is 0 Å². The topological polar surface area (TPSA) is 68.4 Å². The van der Waals surface area contributed by atoms with E-state index in [1.807, 2.05) is 0 Å². The first kappa shape index (κ1) is 14.1. The number of nitrogens with zero attached hydrogens (tertiary/aromatic N) is 1. The molecular formula is C13H11F3N2O2. The van der Waals surface area contributed by atoms with Gasteiger partial charge in [0.15, 0.2) is 0 Å². The van der Waals surface area contributed by atoms with E-state index in [4.69, 9.17) is 10.8 Å². The summed E-state index contributed by atoms with van der Waals surface area (Å²) in [5, 5.41) is 9.03. The van der Waals surface area contributed by atoms with Crippen molar-refractivity contribution < 1.29 is 23.0 Å². The number of anilines is 1. The molecule has 0 aliphatic carbocycles. The van der Waals surface area contributed by atoms with Crippen LogP contribution in [0, 0.1) is 0 Å². The molecule has 2 rings (SSSR count). The summed E-state index contributed by atoms with van der Waals surface area (Å²) in [6.45, 7) is -0.286. The standard InChI is InChI=1S/C13H11F3N2O2/c14-13(15,16)20-10-3-1-2-8(6-10)12-11(17)5-4-9(7-19)18-12/h1-6,19H,7,17H2. The number of nitrogens with two attached hydrogens (primary N) is 1. The predicted molar refractivity (Wildman–Crippen MR) is 66.7 cm³/mol. The fourth-order valence-electron chi connectivity index (χ4n) is 1.67. The van der Waals surface area contributed by atoms with E-state index < -0.39 is 6.36 Å². The molecule has 3 N–H and O–H groups in total. The van der Waals surface area contributed by atoms with E-state index in [0.717, 1.165) is 0 Å².